The van der Waals surface area contributed by atoms with Gasteiger partial charge in [0.2, 0.25) is 11.8 Å². The summed E-state index contributed by atoms with van der Waals surface area (Å²) in [4.78, 5) is 25.1. The number of aliphatic carboxylic acids is 1. The van der Waals surface area contributed by atoms with Crippen molar-refractivity contribution in [3.63, 3.8) is 0 Å². The Morgan fingerprint density at radius 3 is 2.75 bits per heavy atom. The molecule has 0 saturated carbocycles. The fourth-order valence-electron chi connectivity index (χ4n) is 0.906. The van der Waals surface area contributed by atoms with E-state index in [9.17, 15) is 9.59 Å². The fourth-order valence-corrected chi connectivity index (χ4v) is 0.906. The highest BCUT2D eigenvalue weighted by molar-refractivity contribution is 5.90. The standard InChI is InChI=1S/C7H11N5O4/c8-7-10-4(11-12-7)5(14)9-2-1-3(13)6(15)16/h3,13H,1-2H2,(H,9,14)(H,15,16)(H3,8,10,11,12)/t3-/m0/s1. The number of hydrogen-bond acceptors (Lipinski definition) is 6. The average Bonchev–Trinajstić information content (AvgIpc) is 2.64. The second-order valence-electron chi connectivity index (χ2n) is 2.94. The van der Waals surface area contributed by atoms with E-state index in [2.05, 4.69) is 20.5 Å². The number of H-pyrrole nitrogens is 1. The highest BCUT2D eigenvalue weighted by atomic mass is 16.4. The zero-order valence-corrected chi connectivity index (χ0v) is 8.17. The summed E-state index contributed by atoms with van der Waals surface area (Å²) in [6.07, 6.45) is -1.59. The number of aromatic amines is 1. The van der Waals surface area contributed by atoms with Crippen LogP contribution >= 0.6 is 0 Å². The first-order valence-electron chi connectivity index (χ1n) is 4.37. The summed E-state index contributed by atoms with van der Waals surface area (Å²) in [5.74, 6) is -2.03. The Morgan fingerprint density at radius 1 is 1.56 bits per heavy atom. The van der Waals surface area contributed by atoms with Gasteiger partial charge in [-0.1, -0.05) is 0 Å². The maximum absolute atomic E-state index is 11.3. The number of hydrogen-bond donors (Lipinski definition) is 5. The maximum Gasteiger partial charge on any atom is 0.332 e. The number of anilines is 1. The average molecular weight is 229 g/mol. The van der Waals surface area contributed by atoms with Gasteiger partial charge in [-0.3, -0.25) is 9.89 Å². The molecule has 0 aliphatic heterocycles. The number of nitrogens with one attached hydrogen (secondary N) is 2. The van der Waals surface area contributed by atoms with Gasteiger partial charge in [0.15, 0.2) is 6.10 Å². The molecule has 0 aromatic carbocycles. The Balaban J connectivity index is 2.34. The number of carbonyl (C=O) groups is 2. The van der Waals surface area contributed by atoms with E-state index in [1.165, 1.54) is 0 Å². The minimum absolute atomic E-state index is 0.00685. The van der Waals surface area contributed by atoms with Crippen molar-refractivity contribution >= 4 is 17.8 Å². The van der Waals surface area contributed by atoms with Crippen LogP contribution in [-0.4, -0.2) is 49.9 Å². The smallest absolute Gasteiger partial charge is 0.332 e. The summed E-state index contributed by atoms with van der Waals surface area (Å²) in [6.45, 7) is 0.00685. The third-order valence-electron chi connectivity index (χ3n) is 1.71. The molecule has 1 heterocycles. The van der Waals surface area contributed by atoms with Crippen LogP contribution in [0.25, 0.3) is 0 Å². The second-order valence-corrected chi connectivity index (χ2v) is 2.94. The van der Waals surface area contributed by atoms with E-state index in [-0.39, 0.29) is 24.7 Å². The highest BCUT2D eigenvalue weighted by Gasteiger charge is 2.14. The number of aromatic nitrogens is 3. The van der Waals surface area contributed by atoms with Crippen molar-refractivity contribution in [2.24, 2.45) is 0 Å². The SMILES string of the molecule is Nc1n[nH]c(C(=O)NCC[C@H](O)C(=O)O)n1. The van der Waals surface area contributed by atoms with Crippen LogP contribution < -0.4 is 11.1 Å². The molecule has 1 atom stereocenters. The molecule has 1 rings (SSSR count). The number of nitrogen functional groups attached to an aromatic ring is 1. The van der Waals surface area contributed by atoms with Gasteiger partial charge in [-0.05, 0) is 0 Å². The first-order chi connectivity index (χ1) is 7.50. The number of aliphatic hydroxyl groups is 1. The predicted octanol–water partition coefficient (Wildman–Crippen LogP) is -2.05. The van der Waals surface area contributed by atoms with Gasteiger partial charge in [0.25, 0.3) is 5.91 Å². The quantitative estimate of drug-likeness (QED) is 0.389. The lowest BCUT2D eigenvalue weighted by atomic mass is 10.2. The predicted molar refractivity (Wildman–Crippen MR) is 51.4 cm³/mol. The Labute approximate surface area is 89.7 Å². The first kappa shape index (κ1) is 11.9. The molecule has 9 heteroatoms. The molecule has 1 amide bonds. The number of carboxylic acid groups (broad SMARTS) is 1. The van der Waals surface area contributed by atoms with E-state index in [4.69, 9.17) is 15.9 Å². The molecule has 16 heavy (non-hydrogen) atoms. The second kappa shape index (κ2) is 5.07. The summed E-state index contributed by atoms with van der Waals surface area (Å²) in [5.41, 5.74) is 5.18. The molecule has 0 unspecified atom stereocenters. The van der Waals surface area contributed by atoms with E-state index in [0.29, 0.717) is 0 Å². The van der Waals surface area contributed by atoms with Crippen LogP contribution in [0.1, 0.15) is 17.0 Å². The summed E-state index contributed by atoms with van der Waals surface area (Å²) >= 11 is 0. The molecule has 0 bridgehead atoms. The van der Waals surface area contributed by atoms with Gasteiger partial charge in [0, 0.05) is 13.0 Å². The van der Waals surface area contributed by atoms with Gasteiger partial charge in [-0.15, -0.1) is 5.10 Å². The molecule has 6 N–H and O–H groups in total. The van der Waals surface area contributed by atoms with E-state index in [0.717, 1.165) is 0 Å². The molecule has 9 nitrogen and oxygen atoms in total. The Bertz CT molecular complexity index is 390. The van der Waals surface area contributed by atoms with Crippen molar-refractivity contribution in [2.45, 2.75) is 12.5 Å². The Hall–Kier alpha value is -2.16. The van der Waals surface area contributed by atoms with Crippen molar-refractivity contribution in [3.8, 4) is 0 Å². The Morgan fingerprint density at radius 2 is 2.25 bits per heavy atom. The number of carboxylic acids is 1. The summed E-state index contributed by atoms with van der Waals surface area (Å²) < 4.78 is 0. The van der Waals surface area contributed by atoms with Crippen LogP contribution in [0, 0.1) is 0 Å². The Kier molecular flexibility index (Phi) is 3.78. The molecule has 1 aromatic heterocycles. The topological polar surface area (TPSA) is 154 Å². The zero-order valence-electron chi connectivity index (χ0n) is 8.17. The lowest BCUT2D eigenvalue weighted by Crippen LogP contribution is -2.30. The van der Waals surface area contributed by atoms with Crippen molar-refractivity contribution in [1.29, 1.82) is 0 Å². The van der Waals surface area contributed by atoms with Gasteiger partial charge in [-0.2, -0.15) is 4.98 Å². The lowest BCUT2D eigenvalue weighted by Gasteiger charge is -2.05. The fraction of sp³-hybridized carbons (Fsp3) is 0.429. The van der Waals surface area contributed by atoms with Gasteiger partial charge < -0.3 is 21.3 Å². The molecule has 0 aliphatic rings. The normalized spacial score (nSPS) is 12.1. The lowest BCUT2D eigenvalue weighted by molar-refractivity contribution is -0.146. The van der Waals surface area contributed by atoms with Crippen LogP contribution in [0.15, 0.2) is 0 Å². The van der Waals surface area contributed by atoms with E-state index in [1.54, 1.807) is 0 Å². The maximum atomic E-state index is 11.3. The van der Waals surface area contributed by atoms with Crippen LogP contribution in [0.4, 0.5) is 5.95 Å². The van der Waals surface area contributed by atoms with Crippen LogP contribution in [0.2, 0.25) is 0 Å². The van der Waals surface area contributed by atoms with Gasteiger partial charge in [0.1, 0.15) is 0 Å². The molecule has 0 spiro atoms. The number of nitrogens with two attached hydrogens (primary N) is 1. The minimum Gasteiger partial charge on any atom is -0.479 e. The summed E-state index contributed by atoms with van der Waals surface area (Å²) in [7, 11) is 0. The molecule has 88 valence electrons. The third-order valence-corrected chi connectivity index (χ3v) is 1.71. The van der Waals surface area contributed by atoms with Crippen molar-refractivity contribution in [1.82, 2.24) is 20.5 Å². The molecule has 1 aromatic rings. The molecule has 0 fully saturated rings. The van der Waals surface area contributed by atoms with Crippen LogP contribution in [0.3, 0.4) is 0 Å². The third kappa shape index (κ3) is 3.20. The van der Waals surface area contributed by atoms with Crippen LogP contribution in [-0.2, 0) is 4.79 Å². The zero-order chi connectivity index (χ0) is 12.1. The number of aliphatic hydroxyl groups excluding tert-OH is 1. The highest BCUT2D eigenvalue weighted by Crippen LogP contribution is 1.94. The molecule has 0 aliphatic carbocycles. The van der Waals surface area contributed by atoms with Gasteiger partial charge in [0.05, 0.1) is 0 Å². The number of carbonyl (C=O) groups excluding carboxylic acids is 1. The number of nitrogens with zero attached hydrogens (tertiary/aromatic N) is 2. The van der Waals surface area contributed by atoms with Gasteiger partial charge >= 0.3 is 5.97 Å². The monoisotopic (exact) mass is 229 g/mol. The van der Waals surface area contributed by atoms with Crippen LogP contribution in [0.5, 0.6) is 0 Å². The molecular formula is C7H11N5O4. The molecular weight excluding hydrogens is 218 g/mol. The number of rotatable bonds is 5. The van der Waals surface area contributed by atoms with Crippen molar-refractivity contribution < 1.29 is 19.8 Å². The van der Waals surface area contributed by atoms with Gasteiger partial charge in [-0.25, -0.2) is 4.79 Å². The largest absolute Gasteiger partial charge is 0.479 e. The van der Waals surface area contributed by atoms with E-state index >= 15 is 0 Å². The summed E-state index contributed by atoms with van der Waals surface area (Å²) in [6, 6.07) is 0. The minimum atomic E-state index is -1.50. The van der Waals surface area contributed by atoms with Crippen molar-refractivity contribution in [2.75, 3.05) is 12.3 Å². The molecule has 0 saturated heterocycles. The summed E-state index contributed by atoms with van der Waals surface area (Å²) in [5, 5.41) is 25.3. The molecule has 0 radical (unpaired) electrons. The first-order valence-corrected chi connectivity index (χ1v) is 4.37. The van der Waals surface area contributed by atoms with Crippen molar-refractivity contribution in [3.05, 3.63) is 5.82 Å². The van der Waals surface area contributed by atoms with E-state index in [1.807, 2.05) is 0 Å². The number of amides is 1. The van der Waals surface area contributed by atoms with E-state index < -0.39 is 18.0 Å².